The highest BCUT2D eigenvalue weighted by atomic mass is 16.6. The first-order valence-electron chi connectivity index (χ1n) is 9.33. The Morgan fingerprint density at radius 3 is 2.96 bits per heavy atom. The third-order valence-corrected chi connectivity index (χ3v) is 5.25. The van der Waals surface area contributed by atoms with E-state index >= 15 is 0 Å². The van der Waals surface area contributed by atoms with Crippen molar-refractivity contribution in [3.8, 4) is 5.75 Å². The summed E-state index contributed by atoms with van der Waals surface area (Å²) < 4.78 is 10.5. The predicted molar refractivity (Wildman–Crippen MR) is 103 cm³/mol. The topological polar surface area (TPSA) is 100 Å². The minimum absolute atomic E-state index is 0.171. The molecule has 2 heterocycles. The summed E-state index contributed by atoms with van der Waals surface area (Å²) in [5.41, 5.74) is 4.69. The van der Waals surface area contributed by atoms with Crippen LogP contribution < -0.4 is 15.3 Å². The highest BCUT2D eigenvalue weighted by molar-refractivity contribution is 6.46. The number of aliphatic hydroxyl groups excluding tert-OH is 1. The van der Waals surface area contributed by atoms with E-state index in [1.165, 1.54) is 18.2 Å². The second-order valence-corrected chi connectivity index (χ2v) is 7.19. The lowest BCUT2D eigenvalue weighted by atomic mass is 9.72. The van der Waals surface area contributed by atoms with Gasteiger partial charge in [0.1, 0.15) is 5.75 Å². The van der Waals surface area contributed by atoms with E-state index in [1.54, 1.807) is 12.1 Å². The summed E-state index contributed by atoms with van der Waals surface area (Å²) in [6.07, 6.45) is -0.491. The van der Waals surface area contributed by atoms with Crippen molar-refractivity contribution in [2.45, 2.75) is 38.2 Å². The van der Waals surface area contributed by atoms with Crippen LogP contribution in [0.15, 0.2) is 36.4 Å². The highest BCUT2D eigenvalue weighted by Gasteiger charge is 2.37. The summed E-state index contributed by atoms with van der Waals surface area (Å²) in [6.45, 7) is 1.69. The first-order valence-corrected chi connectivity index (χ1v) is 9.33. The molecule has 0 bridgehead atoms. The Balaban J connectivity index is 1.44. The van der Waals surface area contributed by atoms with E-state index < -0.39 is 19.3 Å². The van der Waals surface area contributed by atoms with Gasteiger partial charge in [0.05, 0.1) is 12.4 Å². The molecular formula is C20H23BN2O5. The molecule has 0 aromatic heterocycles. The standard InChI is InChI=1S/C20H23BN2O5/c1-27-20(25)16-4-2-3-13-9-17(21(26)28-19(13)16)23-18(24)8-12-5-6-14-10-22-11-15(14)7-12/h2-7,17,20,22,25-26H,8-11H2,1H3,(H,23,24)/t17-,20?/m0/s1. The van der Waals surface area contributed by atoms with Gasteiger partial charge in [-0.25, -0.2) is 0 Å². The van der Waals surface area contributed by atoms with Crippen LogP contribution in [0.25, 0.3) is 0 Å². The lowest BCUT2D eigenvalue weighted by molar-refractivity contribution is -0.120. The maximum absolute atomic E-state index is 12.5. The Morgan fingerprint density at radius 1 is 1.32 bits per heavy atom. The minimum Gasteiger partial charge on any atom is -0.534 e. The van der Waals surface area contributed by atoms with Crippen LogP contribution in [0.4, 0.5) is 0 Å². The van der Waals surface area contributed by atoms with Gasteiger partial charge >= 0.3 is 7.12 Å². The number of hydrogen-bond donors (Lipinski definition) is 4. The van der Waals surface area contributed by atoms with Crippen LogP contribution in [0.5, 0.6) is 5.75 Å². The number of amides is 1. The SMILES string of the molecule is COC(O)c1cccc2c1OB(O)[C@@H](NC(=O)Cc1ccc3c(c1)CNC3)C2. The molecule has 0 saturated carbocycles. The normalized spacial score (nSPS) is 18.8. The Labute approximate surface area is 163 Å². The zero-order valence-corrected chi connectivity index (χ0v) is 15.6. The summed E-state index contributed by atoms with van der Waals surface area (Å²) in [6, 6.07) is 11.4. The fourth-order valence-corrected chi connectivity index (χ4v) is 3.79. The number of aliphatic hydroxyl groups is 1. The van der Waals surface area contributed by atoms with E-state index in [0.717, 1.165) is 24.2 Å². The van der Waals surface area contributed by atoms with Gasteiger partial charge in [-0.3, -0.25) is 4.79 Å². The van der Waals surface area contributed by atoms with Crippen molar-refractivity contribution in [2.75, 3.05) is 7.11 Å². The Morgan fingerprint density at radius 2 is 2.14 bits per heavy atom. The number of para-hydroxylation sites is 1. The fraction of sp³-hybridized carbons (Fsp3) is 0.350. The van der Waals surface area contributed by atoms with Gasteiger partial charge in [0.15, 0.2) is 6.29 Å². The van der Waals surface area contributed by atoms with Crippen LogP contribution >= 0.6 is 0 Å². The van der Waals surface area contributed by atoms with Crippen molar-refractivity contribution in [3.05, 3.63) is 64.2 Å². The molecule has 8 heteroatoms. The number of fused-ring (bicyclic) bond motifs is 2. The number of benzene rings is 2. The summed E-state index contributed by atoms with van der Waals surface area (Å²) in [5, 5.41) is 26.5. The monoisotopic (exact) mass is 382 g/mol. The zero-order valence-electron chi connectivity index (χ0n) is 15.6. The largest absolute Gasteiger partial charge is 0.547 e. The van der Waals surface area contributed by atoms with Gasteiger partial charge in [0, 0.05) is 25.8 Å². The molecule has 1 amide bonds. The van der Waals surface area contributed by atoms with Gasteiger partial charge in [-0.15, -0.1) is 0 Å². The molecule has 4 N–H and O–H groups in total. The lowest BCUT2D eigenvalue weighted by Crippen LogP contribution is -2.53. The zero-order chi connectivity index (χ0) is 19.7. The van der Waals surface area contributed by atoms with Crippen molar-refractivity contribution in [2.24, 2.45) is 0 Å². The van der Waals surface area contributed by atoms with Crippen LogP contribution in [-0.2, 0) is 35.5 Å². The first-order chi connectivity index (χ1) is 13.5. The van der Waals surface area contributed by atoms with Gasteiger partial charge in [-0.2, -0.15) is 0 Å². The molecule has 0 saturated heterocycles. The number of rotatable bonds is 5. The fourth-order valence-electron chi connectivity index (χ4n) is 3.79. The molecule has 0 aliphatic carbocycles. The van der Waals surface area contributed by atoms with E-state index in [4.69, 9.17) is 9.39 Å². The lowest BCUT2D eigenvalue weighted by Gasteiger charge is -2.30. The van der Waals surface area contributed by atoms with E-state index in [1.807, 2.05) is 12.1 Å². The van der Waals surface area contributed by atoms with Crippen LogP contribution in [0.2, 0.25) is 0 Å². The summed E-state index contributed by atoms with van der Waals surface area (Å²) in [5.74, 6) is -0.331. The van der Waals surface area contributed by atoms with Crippen molar-refractivity contribution < 1.29 is 24.3 Å². The summed E-state index contributed by atoms with van der Waals surface area (Å²) in [7, 11) is 0.187. The molecule has 146 valence electrons. The first kappa shape index (κ1) is 19.0. The molecule has 0 fully saturated rings. The second-order valence-electron chi connectivity index (χ2n) is 7.19. The van der Waals surface area contributed by atoms with Gasteiger partial charge in [0.25, 0.3) is 0 Å². The van der Waals surface area contributed by atoms with Gasteiger partial charge in [0.2, 0.25) is 5.91 Å². The number of carbonyl (C=O) groups excluding carboxylic acids is 1. The van der Waals surface area contributed by atoms with Crippen LogP contribution in [-0.4, -0.2) is 36.2 Å². The molecule has 2 aromatic rings. The maximum Gasteiger partial charge on any atom is 0.547 e. The molecule has 28 heavy (non-hydrogen) atoms. The van der Waals surface area contributed by atoms with Crippen molar-refractivity contribution >= 4 is 13.0 Å². The van der Waals surface area contributed by atoms with Crippen molar-refractivity contribution in [1.29, 1.82) is 0 Å². The molecule has 2 aliphatic heterocycles. The number of hydrogen-bond acceptors (Lipinski definition) is 6. The van der Waals surface area contributed by atoms with E-state index in [0.29, 0.717) is 17.7 Å². The third kappa shape index (κ3) is 3.77. The number of carbonyl (C=O) groups is 1. The molecule has 2 aromatic carbocycles. The molecule has 2 aliphatic rings. The average Bonchev–Trinajstić information content (AvgIpc) is 3.15. The van der Waals surface area contributed by atoms with Gasteiger partial charge < -0.3 is 30.2 Å². The number of ether oxygens (including phenoxy) is 1. The summed E-state index contributed by atoms with van der Waals surface area (Å²) >= 11 is 0. The van der Waals surface area contributed by atoms with Crippen LogP contribution in [0.3, 0.4) is 0 Å². The third-order valence-electron chi connectivity index (χ3n) is 5.25. The molecule has 0 spiro atoms. The second kappa shape index (κ2) is 7.93. The Hall–Kier alpha value is -2.39. The van der Waals surface area contributed by atoms with Crippen molar-refractivity contribution in [1.82, 2.24) is 10.6 Å². The highest BCUT2D eigenvalue weighted by Crippen LogP contribution is 2.34. The summed E-state index contributed by atoms with van der Waals surface area (Å²) in [4.78, 5) is 12.5. The van der Waals surface area contributed by atoms with E-state index in [9.17, 15) is 14.9 Å². The number of nitrogens with one attached hydrogen (secondary N) is 2. The van der Waals surface area contributed by atoms with Crippen LogP contribution in [0.1, 0.15) is 34.1 Å². The minimum atomic E-state index is -1.20. The Bertz CT molecular complexity index is 891. The molecule has 4 rings (SSSR count). The Kier molecular flexibility index (Phi) is 5.37. The quantitative estimate of drug-likeness (QED) is 0.447. The molecule has 0 radical (unpaired) electrons. The van der Waals surface area contributed by atoms with E-state index in [2.05, 4.69) is 22.8 Å². The molecule has 7 nitrogen and oxygen atoms in total. The van der Waals surface area contributed by atoms with Gasteiger partial charge in [-0.1, -0.05) is 36.4 Å². The maximum atomic E-state index is 12.5. The van der Waals surface area contributed by atoms with Crippen molar-refractivity contribution in [3.63, 3.8) is 0 Å². The van der Waals surface area contributed by atoms with E-state index in [-0.39, 0.29) is 12.3 Å². The molecule has 2 atom stereocenters. The molecular weight excluding hydrogens is 359 g/mol. The number of methoxy groups -OCH3 is 1. The average molecular weight is 382 g/mol. The smallest absolute Gasteiger partial charge is 0.534 e. The predicted octanol–water partition coefficient (Wildman–Crippen LogP) is 0.609. The molecule has 1 unspecified atom stereocenters. The van der Waals surface area contributed by atoms with Crippen LogP contribution in [0, 0.1) is 0 Å². The van der Waals surface area contributed by atoms with Gasteiger partial charge in [-0.05, 0) is 28.7 Å².